The molecule has 1 aromatic carbocycles. The zero-order valence-corrected chi connectivity index (χ0v) is 16.0. The Kier molecular flexibility index (Phi) is 7.07. The molecule has 8 heteroatoms. The van der Waals surface area contributed by atoms with Crippen molar-refractivity contribution in [2.75, 3.05) is 31.2 Å². The van der Waals surface area contributed by atoms with E-state index in [0.29, 0.717) is 25.6 Å². The van der Waals surface area contributed by atoms with E-state index in [1.165, 1.54) is 16.1 Å². The molecule has 0 radical (unpaired) electrons. The molecule has 1 saturated heterocycles. The van der Waals surface area contributed by atoms with Gasteiger partial charge in [-0.2, -0.15) is 0 Å². The summed E-state index contributed by atoms with van der Waals surface area (Å²) in [5, 5.41) is 3.03. The Balaban J connectivity index is 0.00000242. The van der Waals surface area contributed by atoms with Crippen LogP contribution < -0.4 is 11.1 Å². The van der Waals surface area contributed by atoms with Crippen LogP contribution in [0.3, 0.4) is 0 Å². The number of anilines is 1. The first-order valence-electron chi connectivity index (χ1n) is 6.99. The van der Waals surface area contributed by atoms with Crippen LogP contribution in [0.5, 0.6) is 0 Å². The molecule has 2 rings (SSSR count). The summed E-state index contributed by atoms with van der Waals surface area (Å²) in [4.78, 5) is 4.26. The van der Waals surface area contributed by atoms with Crippen LogP contribution in [-0.2, 0) is 16.4 Å². The van der Waals surface area contributed by atoms with Crippen LogP contribution in [-0.4, -0.2) is 44.6 Å². The smallest absolute Gasteiger partial charge is 0.211 e. The number of aryl methyl sites for hydroxylation is 1. The first kappa shape index (κ1) is 19.2. The fraction of sp³-hybridized carbons (Fsp3) is 0.500. The number of nitrogens with two attached hydrogens (primary N) is 1. The van der Waals surface area contributed by atoms with E-state index in [-0.39, 0.29) is 29.9 Å². The molecule has 0 atom stereocenters. The number of sulfonamides is 1. The van der Waals surface area contributed by atoms with Gasteiger partial charge in [-0.25, -0.2) is 12.7 Å². The highest BCUT2D eigenvalue weighted by molar-refractivity contribution is 14.0. The molecule has 0 bridgehead atoms. The maximum atomic E-state index is 11.2. The molecule has 0 amide bonds. The highest BCUT2D eigenvalue weighted by Crippen LogP contribution is 2.18. The molecule has 1 aliphatic rings. The molecular weight excluding hydrogens is 415 g/mol. The van der Waals surface area contributed by atoms with E-state index < -0.39 is 10.0 Å². The summed E-state index contributed by atoms with van der Waals surface area (Å²) >= 11 is 0. The lowest BCUT2D eigenvalue weighted by molar-refractivity contribution is 0.209. The molecule has 1 aromatic rings. The predicted molar refractivity (Wildman–Crippen MR) is 101 cm³/mol. The summed E-state index contributed by atoms with van der Waals surface area (Å²) in [6.45, 7) is 3.70. The summed E-state index contributed by atoms with van der Waals surface area (Å²) in [7, 11) is -3.05. The lowest BCUT2D eigenvalue weighted by atomic mass is 10.0. The van der Waals surface area contributed by atoms with Crippen LogP contribution in [0.2, 0.25) is 0 Å². The minimum atomic E-state index is -3.05. The van der Waals surface area contributed by atoms with Crippen molar-refractivity contribution in [2.45, 2.75) is 13.3 Å². The topological polar surface area (TPSA) is 87.8 Å². The number of aliphatic imine (C=N–C) groups is 1. The van der Waals surface area contributed by atoms with Crippen molar-refractivity contribution in [1.29, 1.82) is 0 Å². The van der Waals surface area contributed by atoms with Gasteiger partial charge >= 0.3 is 0 Å². The Labute approximate surface area is 149 Å². The number of hydrogen-bond donors (Lipinski definition) is 2. The summed E-state index contributed by atoms with van der Waals surface area (Å²) in [6, 6.07) is 8.03. The third-order valence-corrected chi connectivity index (χ3v) is 4.78. The third kappa shape index (κ3) is 5.40. The number of nitrogens with one attached hydrogen (secondary N) is 1. The average Bonchev–Trinajstić information content (AvgIpc) is 2.36. The van der Waals surface area contributed by atoms with Gasteiger partial charge in [0.05, 0.1) is 6.26 Å². The van der Waals surface area contributed by atoms with E-state index >= 15 is 0 Å². The van der Waals surface area contributed by atoms with E-state index in [2.05, 4.69) is 17.2 Å². The van der Waals surface area contributed by atoms with Gasteiger partial charge in [0, 0.05) is 31.2 Å². The lowest BCUT2D eigenvalue weighted by Gasteiger charge is -2.36. The largest absolute Gasteiger partial charge is 0.370 e. The Hall–Kier alpha value is -0.870. The van der Waals surface area contributed by atoms with Crippen LogP contribution in [0.1, 0.15) is 12.5 Å². The molecular formula is C14H23IN4O2S. The Morgan fingerprint density at radius 3 is 2.45 bits per heavy atom. The van der Waals surface area contributed by atoms with Crippen molar-refractivity contribution in [3.63, 3.8) is 0 Å². The molecule has 22 heavy (non-hydrogen) atoms. The van der Waals surface area contributed by atoms with Crippen LogP contribution in [0, 0.1) is 5.92 Å². The van der Waals surface area contributed by atoms with Crippen molar-refractivity contribution >= 4 is 45.6 Å². The van der Waals surface area contributed by atoms with Crippen LogP contribution in [0.15, 0.2) is 29.3 Å². The van der Waals surface area contributed by atoms with Crippen molar-refractivity contribution < 1.29 is 8.42 Å². The average molecular weight is 438 g/mol. The van der Waals surface area contributed by atoms with E-state index in [1.54, 1.807) is 0 Å². The standard InChI is InChI=1S/C14H22N4O2S.HI/c1-3-11-4-6-13(7-5-11)17-14(15)16-8-12-9-18(10-12)21(2,19)20;/h4-7,12H,3,8-10H2,1-2H3,(H3,15,16,17);1H. The number of hydrogen-bond acceptors (Lipinski definition) is 3. The van der Waals surface area contributed by atoms with Gasteiger partial charge < -0.3 is 11.1 Å². The number of benzene rings is 1. The van der Waals surface area contributed by atoms with Gasteiger partial charge in [-0.15, -0.1) is 24.0 Å². The fourth-order valence-corrected chi connectivity index (χ4v) is 3.11. The molecule has 1 heterocycles. The molecule has 0 unspecified atom stereocenters. The van der Waals surface area contributed by atoms with Crippen molar-refractivity contribution in [1.82, 2.24) is 4.31 Å². The second kappa shape index (κ2) is 8.11. The van der Waals surface area contributed by atoms with E-state index in [4.69, 9.17) is 5.73 Å². The maximum Gasteiger partial charge on any atom is 0.211 e. The molecule has 0 aromatic heterocycles. The second-order valence-corrected chi connectivity index (χ2v) is 7.33. The molecule has 3 N–H and O–H groups in total. The van der Waals surface area contributed by atoms with Gasteiger partial charge in [0.25, 0.3) is 0 Å². The van der Waals surface area contributed by atoms with Gasteiger partial charge in [0.2, 0.25) is 10.0 Å². The maximum absolute atomic E-state index is 11.2. The highest BCUT2D eigenvalue weighted by Gasteiger charge is 2.32. The number of rotatable bonds is 5. The van der Waals surface area contributed by atoms with E-state index in [0.717, 1.165) is 12.1 Å². The first-order valence-corrected chi connectivity index (χ1v) is 8.84. The minimum Gasteiger partial charge on any atom is -0.370 e. The monoisotopic (exact) mass is 438 g/mol. The Morgan fingerprint density at radius 1 is 1.36 bits per heavy atom. The first-order chi connectivity index (χ1) is 9.88. The SMILES string of the molecule is CCc1ccc(NC(N)=NCC2CN(S(C)(=O)=O)C2)cc1.I. The van der Waals surface area contributed by atoms with Gasteiger partial charge in [-0.1, -0.05) is 19.1 Å². The molecule has 1 fully saturated rings. The second-order valence-electron chi connectivity index (χ2n) is 5.35. The summed E-state index contributed by atoms with van der Waals surface area (Å²) in [6.07, 6.45) is 2.23. The Bertz CT molecular complexity index is 610. The van der Waals surface area contributed by atoms with E-state index in [9.17, 15) is 8.42 Å². The zero-order valence-electron chi connectivity index (χ0n) is 12.8. The van der Waals surface area contributed by atoms with Gasteiger partial charge in [0.1, 0.15) is 0 Å². The normalized spacial score (nSPS) is 16.7. The van der Waals surface area contributed by atoms with Gasteiger partial charge in [0.15, 0.2) is 5.96 Å². The van der Waals surface area contributed by atoms with Crippen LogP contribution in [0.4, 0.5) is 5.69 Å². The summed E-state index contributed by atoms with van der Waals surface area (Å²) < 4.78 is 23.9. The Morgan fingerprint density at radius 2 is 1.95 bits per heavy atom. The number of guanidine groups is 1. The van der Waals surface area contributed by atoms with Crippen molar-refractivity contribution in [3.05, 3.63) is 29.8 Å². The lowest BCUT2D eigenvalue weighted by Crippen LogP contribution is -2.50. The molecule has 1 aliphatic heterocycles. The van der Waals surface area contributed by atoms with Gasteiger partial charge in [-0.3, -0.25) is 4.99 Å². The predicted octanol–water partition coefficient (Wildman–Crippen LogP) is 1.49. The van der Waals surface area contributed by atoms with Crippen molar-refractivity contribution in [3.8, 4) is 0 Å². The van der Waals surface area contributed by atoms with Crippen molar-refractivity contribution in [2.24, 2.45) is 16.6 Å². The summed E-state index contributed by atoms with van der Waals surface area (Å²) in [5.74, 6) is 0.611. The van der Waals surface area contributed by atoms with Gasteiger partial charge in [-0.05, 0) is 24.1 Å². The zero-order chi connectivity index (χ0) is 15.5. The molecule has 0 aliphatic carbocycles. The quantitative estimate of drug-likeness (QED) is 0.414. The number of nitrogens with zero attached hydrogens (tertiary/aromatic N) is 2. The van der Waals surface area contributed by atoms with Crippen LogP contribution in [0.25, 0.3) is 0 Å². The van der Waals surface area contributed by atoms with Crippen LogP contribution >= 0.6 is 24.0 Å². The third-order valence-electron chi connectivity index (χ3n) is 3.55. The van der Waals surface area contributed by atoms with E-state index in [1.807, 2.05) is 24.3 Å². The molecule has 0 spiro atoms. The molecule has 6 nitrogen and oxygen atoms in total. The fourth-order valence-electron chi connectivity index (χ4n) is 2.15. The number of halogens is 1. The summed E-state index contributed by atoms with van der Waals surface area (Å²) in [5.41, 5.74) is 8.00. The highest BCUT2D eigenvalue weighted by atomic mass is 127. The minimum absolute atomic E-state index is 0. The molecule has 0 saturated carbocycles. The molecule has 124 valence electrons.